The number of tetrazole rings is 1. The van der Waals surface area contributed by atoms with E-state index in [0.717, 1.165) is 16.6 Å². The van der Waals surface area contributed by atoms with E-state index in [4.69, 9.17) is 4.74 Å². The number of fused-ring (bicyclic) bond motifs is 1. The van der Waals surface area contributed by atoms with Gasteiger partial charge in [-0.2, -0.15) is 0 Å². The number of anilines is 1. The third-order valence-electron chi connectivity index (χ3n) is 7.30. The number of hydrogen-bond donors (Lipinski definition) is 1. The summed E-state index contributed by atoms with van der Waals surface area (Å²) in [5.41, 5.74) is 2.73. The van der Waals surface area contributed by atoms with E-state index in [-0.39, 0.29) is 17.2 Å². The van der Waals surface area contributed by atoms with Gasteiger partial charge < -0.3 is 14.6 Å². The third-order valence-corrected chi connectivity index (χ3v) is 7.30. The molecule has 2 aromatic heterocycles. The molecule has 1 atom stereocenters. The van der Waals surface area contributed by atoms with Gasteiger partial charge in [0.1, 0.15) is 23.4 Å². The Balaban J connectivity index is 1.38. The molecule has 0 bridgehead atoms. The molecule has 6 rings (SSSR count). The van der Waals surface area contributed by atoms with Crippen molar-refractivity contribution in [2.24, 2.45) is 0 Å². The number of aromatic nitrogens is 5. The molecule has 3 heterocycles. The van der Waals surface area contributed by atoms with Crippen LogP contribution in [0, 0.1) is 11.6 Å². The summed E-state index contributed by atoms with van der Waals surface area (Å²) in [6.07, 6.45) is 0. The summed E-state index contributed by atoms with van der Waals surface area (Å²) >= 11 is 0. The van der Waals surface area contributed by atoms with E-state index in [1.165, 1.54) is 24.3 Å². The van der Waals surface area contributed by atoms with Crippen molar-refractivity contribution in [2.75, 3.05) is 38.2 Å². The zero-order chi connectivity index (χ0) is 27.6. The first-order valence-electron chi connectivity index (χ1n) is 12.9. The fourth-order valence-corrected chi connectivity index (χ4v) is 5.20. The quantitative estimate of drug-likeness (QED) is 0.334. The zero-order valence-corrected chi connectivity index (χ0v) is 21.8. The Morgan fingerprint density at radius 2 is 1.62 bits per heavy atom. The van der Waals surface area contributed by atoms with Crippen LogP contribution in [0.25, 0.3) is 10.9 Å². The van der Waals surface area contributed by atoms with E-state index in [0.29, 0.717) is 55.4 Å². The van der Waals surface area contributed by atoms with Crippen molar-refractivity contribution in [2.45, 2.75) is 12.6 Å². The Bertz CT molecular complexity index is 1680. The highest BCUT2D eigenvalue weighted by molar-refractivity contribution is 5.80. The largest absolute Gasteiger partial charge is 0.497 e. The minimum absolute atomic E-state index is 0.236. The first-order chi connectivity index (χ1) is 19.5. The highest BCUT2D eigenvalue weighted by Crippen LogP contribution is 2.30. The van der Waals surface area contributed by atoms with Crippen LogP contribution >= 0.6 is 0 Å². The fraction of sp³-hybridized carbons (Fsp3) is 0.241. The number of piperazine rings is 1. The second-order valence-electron chi connectivity index (χ2n) is 9.73. The lowest BCUT2D eigenvalue weighted by atomic mass is 10.0. The van der Waals surface area contributed by atoms with Gasteiger partial charge >= 0.3 is 0 Å². The average Bonchev–Trinajstić information content (AvgIpc) is 3.42. The summed E-state index contributed by atoms with van der Waals surface area (Å²) in [5.74, 6) is 0.585. The number of H-pyrrole nitrogens is 1. The van der Waals surface area contributed by atoms with Crippen LogP contribution in [0.5, 0.6) is 5.75 Å². The van der Waals surface area contributed by atoms with E-state index >= 15 is 0 Å². The number of aromatic amines is 1. The number of pyridine rings is 1. The maximum Gasteiger partial charge on any atom is 0.253 e. The molecule has 0 unspecified atom stereocenters. The van der Waals surface area contributed by atoms with Gasteiger partial charge in [0, 0.05) is 48.3 Å². The lowest BCUT2D eigenvalue weighted by molar-refractivity contribution is 0.200. The Hall–Kier alpha value is -4.64. The SMILES string of the molecule is COc1ccc2[nH]c(=O)c([C@H](c3nnnn3Cc3ccc(F)cc3)N3CCN(c4ccc(F)cc4)CC3)cc2c1. The maximum absolute atomic E-state index is 13.5. The summed E-state index contributed by atoms with van der Waals surface area (Å²) in [7, 11) is 1.60. The molecule has 204 valence electrons. The van der Waals surface area contributed by atoms with Crippen LogP contribution in [0.3, 0.4) is 0 Å². The smallest absolute Gasteiger partial charge is 0.253 e. The highest BCUT2D eigenvalue weighted by atomic mass is 19.1. The van der Waals surface area contributed by atoms with Gasteiger partial charge in [-0.1, -0.05) is 12.1 Å². The van der Waals surface area contributed by atoms with Gasteiger partial charge in [-0.05, 0) is 76.7 Å². The molecule has 1 fully saturated rings. The normalized spacial score (nSPS) is 14.9. The number of methoxy groups -OCH3 is 1. The van der Waals surface area contributed by atoms with Crippen LogP contribution in [-0.4, -0.2) is 63.4 Å². The van der Waals surface area contributed by atoms with Gasteiger partial charge in [0.25, 0.3) is 5.56 Å². The summed E-state index contributed by atoms with van der Waals surface area (Å²) in [6.45, 7) is 2.87. The van der Waals surface area contributed by atoms with Crippen molar-refractivity contribution in [3.63, 3.8) is 0 Å². The Morgan fingerprint density at radius 3 is 2.33 bits per heavy atom. The van der Waals surface area contributed by atoms with E-state index < -0.39 is 6.04 Å². The lowest BCUT2D eigenvalue weighted by Gasteiger charge is -2.39. The molecule has 40 heavy (non-hydrogen) atoms. The van der Waals surface area contributed by atoms with Crippen molar-refractivity contribution in [3.05, 3.63) is 112 Å². The standard InChI is InChI=1S/C29H27F2N7O2/c1-40-24-10-11-26-20(16-24)17-25(29(39)32-26)27(28-33-34-35-38(28)18-19-2-4-21(30)5-3-19)37-14-12-36(13-15-37)23-8-6-22(31)7-9-23/h2-11,16-17,27H,12-15,18H2,1H3,(H,32,39)/t27-/m1/s1. The molecule has 1 aliphatic rings. The fourth-order valence-electron chi connectivity index (χ4n) is 5.20. The summed E-state index contributed by atoms with van der Waals surface area (Å²) in [5, 5.41) is 13.4. The molecule has 5 aromatic rings. The number of nitrogens with zero attached hydrogens (tertiary/aromatic N) is 6. The van der Waals surface area contributed by atoms with Crippen LogP contribution in [0.1, 0.15) is 23.0 Å². The predicted octanol–water partition coefficient (Wildman–Crippen LogP) is 3.76. The summed E-state index contributed by atoms with van der Waals surface area (Å²) in [6, 6.07) is 19.4. The van der Waals surface area contributed by atoms with E-state index in [2.05, 4.69) is 30.3 Å². The average molecular weight is 544 g/mol. The highest BCUT2D eigenvalue weighted by Gasteiger charge is 2.33. The first kappa shape index (κ1) is 25.6. The molecule has 0 amide bonds. The molecule has 0 aliphatic carbocycles. The molecule has 1 N–H and O–H groups in total. The van der Waals surface area contributed by atoms with Crippen molar-refractivity contribution < 1.29 is 13.5 Å². The van der Waals surface area contributed by atoms with Gasteiger partial charge in [-0.25, -0.2) is 13.5 Å². The van der Waals surface area contributed by atoms with Crippen molar-refractivity contribution >= 4 is 16.6 Å². The van der Waals surface area contributed by atoms with Crippen LogP contribution in [0.4, 0.5) is 14.5 Å². The third kappa shape index (κ3) is 5.15. The van der Waals surface area contributed by atoms with Gasteiger partial charge in [0.05, 0.1) is 13.7 Å². The number of hydrogen-bond acceptors (Lipinski definition) is 7. The molecule has 1 aliphatic heterocycles. The van der Waals surface area contributed by atoms with E-state index in [9.17, 15) is 13.6 Å². The lowest BCUT2D eigenvalue weighted by Crippen LogP contribution is -2.49. The molecule has 0 saturated carbocycles. The Kier molecular flexibility index (Phi) is 6.95. The van der Waals surface area contributed by atoms with Crippen LogP contribution in [0.2, 0.25) is 0 Å². The maximum atomic E-state index is 13.5. The first-order valence-corrected chi connectivity index (χ1v) is 12.9. The van der Waals surface area contributed by atoms with Gasteiger partial charge in [0.2, 0.25) is 0 Å². The summed E-state index contributed by atoms with van der Waals surface area (Å²) < 4.78 is 34.0. The summed E-state index contributed by atoms with van der Waals surface area (Å²) in [4.78, 5) is 20.9. The number of benzene rings is 3. The number of halogens is 2. The van der Waals surface area contributed by atoms with Crippen molar-refractivity contribution in [1.82, 2.24) is 30.1 Å². The van der Waals surface area contributed by atoms with E-state index in [1.54, 1.807) is 42.1 Å². The van der Waals surface area contributed by atoms with Crippen LogP contribution in [0.15, 0.2) is 77.6 Å². The minimum Gasteiger partial charge on any atom is -0.497 e. The zero-order valence-electron chi connectivity index (χ0n) is 21.8. The monoisotopic (exact) mass is 543 g/mol. The Morgan fingerprint density at radius 1 is 0.925 bits per heavy atom. The molecule has 0 radical (unpaired) electrons. The minimum atomic E-state index is -0.551. The molecule has 9 nitrogen and oxygen atoms in total. The Labute approximate surface area is 228 Å². The van der Waals surface area contributed by atoms with Gasteiger partial charge in [-0.3, -0.25) is 9.69 Å². The number of ether oxygens (including phenoxy) is 1. The second-order valence-corrected chi connectivity index (χ2v) is 9.73. The topological polar surface area (TPSA) is 92.2 Å². The molecule has 0 spiro atoms. The number of nitrogens with one attached hydrogen (secondary N) is 1. The van der Waals surface area contributed by atoms with Gasteiger partial charge in [0.15, 0.2) is 5.82 Å². The molecular formula is C29H27F2N7O2. The van der Waals surface area contributed by atoms with Crippen LogP contribution < -0.4 is 15.2 Å². The molecule has 11 heteroatoms. The molecule has 1 saturated heterocycles. The molecular weight excluding hydrogens is 516 g/mol. The van der Waals surface area contributed by atoms with Crippen molar-refractivity contribution in [1.29, 1.82) is 0 Å². The number of rotatable bonds is 7. The molecule has 3 aromatic carbocycles. The van der Waals surface area contributed by atoms with Crippen molar-refractivity contribution in [3.8, 4) is 5.75 Å². The predicted molar refractivity (Wildman–Crippen MR) is 146 cm³/mol. The second kappa shape index (κ2) is 10.9. The van der Waals surface area contributed by atoms with E-state index in [1.807, 2.05) is 18.2 Å². The van der Waals surface area contributed by atoms with Crippen LogP contribution in [-0.2, 0) is 6.54 Å². The van der Waals surface area contributed by atoms with Gasteiger partial charge in [-0.15, -0.1) is 5.10 Å².